The summed E-state index contributed by atoms with van der Waals surface area (Å²) in [5, 5.41) is -1.13. The fraction of sp³-hybridized carbons (Fsp3) is 0.391. The van der Waals surface area contributed by atoms with Gasteiger partial charge in [0.25, 0.3) is 0 Å². The number of hydrogen-bond acceptors (Lipinski definition) is 7. The van der Waals surface area contributed by atoms with Crippen molar-refractivity contribution < 1.29 is 32.2 Å². The lowest BCUT2D eigenvalue weighted by atomic mass is 10.1. The van der Waals surface area contributed by atoms with Crippen LogP contribution in [0.3, 0.4) is 0 Å². The molecule has 2 aliphatic heterocycles. The summed E-state index contributed by atoms with van der Waals surface area (Å²) in [5.74, 6) is 0.139. The Morgan fingerprint density at radius 3 is 2.45 bits per heavy atom. The zero-order chi connectivity index (χ0) is 23.6. The number of fused-ring (bicyclic) bond motifs is 1. The standard InChI is InChI=1S/C23H26N2O7S/c1-30-18-8-7-16(13-19(18)31-2)21-14-22(26)25(15-23(27)24-9-11-32-12-10-24)17-5-3-4-6-20(17)33(21,28)29/h3-8,13,21H,9-12,14-15H2,1-2H3/t21-/m0/s1. The van der Waals surface area contributed by atoms with Gasteiger partial charge in [0.15, 0.2) is 21.3 Å². The summed E-state index contributed by atoms with van der Waals surface area (Å²) in [6.45, 7) is 1.52. The molecule has 0 unspecified atom stereocenters. The Morgan fingerprint density at radius 1 is 1.06 bits per heavy atom. The minimum absolute atomic E-state index is 0.0189. The van der Waals surface area contributed by atoms with Gasteiger partial charge in [0.1, 0.15) is 6.54 Å². The van der Waals surface area contributed by atoms with Crippen molar-refractivity contribution in [3.63, 3.8) is 0 Å². The number of amides is 2. The number of morpholine rings is 1. The molecule has 0 saturated carbocycles. The maximum absolute atomic E-state index is 13.7. The second kappa shape index (κ2) is 9.40. The Bertz CT molecular complexity index is 1160. The molecule has 1 saturated heterocycles. The molecule has 0 spiro atoms. The van der Waals surface area contributed by atoms with Crippen LogP contribution < -0.4 is 14.4 Å². The van der Waals surface area contributed by atoms with Crippen LogP contribution in [-0.2, 0) is 24.2 Å². The molecule has 2 amide bonds. The van der Waals surface area contributed by atoms with Crippen molar-refractivity contribution in [2.75, 3.05) is 52.0 Å². The van der Waals surface area contributed by atoms with Crippen LogP contribution in [0.1, 0.15) is 17.2 Å². The fourth-order valence-electron chi connectivity index (χ4n) is 4.16. The highest BCUT2D eigenvalue weighted by Crippen LogP contribution is 2.42. The number of benzene rings is 2. The van der Waals surface area contributed by atoms with E-state index in [1.165, 1.54) is 25.2 Å². The van der Waals surface area contributed by atoms with E-state index in [4.69, 9.17) is 14.2 Å². The Hall–Kier alpha value is -3.11. The van der Waals surface area contributed by atoms with Crippen LogP contribution in [0.25, 0.3) is 0 Å². The SMILES string of the molecule is COc1ccc([C@@H]2CC(=O)N(CC(=O)N3CCOCC3)c3ccccc3S2(=O)=O)cc1OC. The number of carbonyl (C=O) groups is 2. The van der Waals surface area contributed by atoms with Gasteiger partial charge in [-0.1, -0.05) is 18.2 Å². The highest BCUT2D eigenvalue weighted by Gasteiger charge is 2.40. The molecule has 4 rings (SSSR count). The molecule has 0 aromatic heterocycles. The predicted octanol–water partition coefficient (Wildman–Crippen LogP) is 1.81. The van der Waals surface area contributed by atoms with E-state index in [0.717, 1.165) is 0 Å². The third kappa shape index (κ3) is 4.40. The smallest absolute Gasteiger partial charge is 0.242 e. The van der Waals surface area contributed by atoms with Crippen LogP contribution in [0, 0.1) is 0 Å². The van der Waals surface area contributed by atoms with Crippen molar-refractivity contribution in [1.29, 1.82) is 0 Å². The molecule has 33 heavy (non-hydrogen) atoms. The summed E-state index contributed by atoms with van der Waals surface area (Å²) in [5.41, 5.74) is 0.629. The molecule has 0 bridgehead atoms. The van der Waals surface area contributed by atoms with Crippen molar-refractivity contribution >= 4 is 27.3 Å². The second-order valence-corrected chi connectivity index (χ2v) is 9.89. The number of rotatable bonds is 5. The van der Waals surface area contributed by atoms with E-state index in [1.807, 2.05) is 0 Å². The van der Waals surface area contributed by atoms with Gasteiger partial charge in [0, 0.05) is 19.5 Å². The third-order valence-electron chi connectivity index (χ3n) is 5.93. The van der Waals surface area contributed by atoms with Gasteiger partial charge in [-0.15, -0.1) is 0 Å². The first-order chi connectivity index (χ1) is 15.9. The zero-order valence-corrected chi connectivity index (χ0v) is 19.3. The first-order valence-corrected chi connectivity index (χ1v) is 12.1. The van der Waals surface area contributed by atoms with Crippen molar-refractivity contribution in [2.45, 2.75) is 16.6 Å². The molecule has 0 N–H and O–H groups in total. The normalized spacial score (nSPS) is 20.1. The Balaban J connectivity index is 1.74. The first-order valence-electron chi connectivity index (χ1n) is 10.6. The minimum Gasteiger partial charge on any atom is -0.493 e. The van der Waals surface area contributed by atoms with Gasteiger partial charge in [-0.05, 0) is 29.8 Å². The molecular weight excluding hydrogens is 448 g/mol. The van der Waals surface area contributed by atoms with E-state index in [0.29, 0.717) is 43.4 Å². The lowest BCUT2D eigenvalue weighted by molar-refractivity contribution is -0.135. The van der Waals surface area contributed by atoms with E-state index < -0.39 is 21.0 Å². The quantitative estimate of drug-likeness (QED) is 0.651. The first kappa shape index (κ1) is 23.1. The minimum atomic E-state index is -3.95. The van der Waals surface area contributed by atoms with Crippen LogP contribution in [-0.4, -0.2) is 72.2 Å². The summed E-state index contributed by atoms with van der Waals surface area (Å²) in [6.07, 6.45) is -0.303. The fourth-order valence-corrected chi connectivity index (χ4v) is 6.07. The molecule has 0 aliphatic carbocycles. The Kier molecular flexibility index (Phi) is 6.57. The lowest BCUT2D eigenvalue weighted by Crippen LogP contribution is -2.47. The largest absolute Gasteiger partial charge is 0.493 e. The topological polar surface area (TPSA) is 102 Å². The van der Waals surface area contributed by atoms with E-state index in [9.17, 15) is 18.0 Å². The molecule has 10 heteroatoms. The lowest BCUT2D eigenvalue weighted by Gasteiger charge is -2.30. The molecule has 2 aliphatic rings. The van der Waals surface area contributed by atoms with Crippen LogP contribution in [0.4, 0.5) is 5.69 Å². The van der Waals surface area contributed by atoms with Gasteiger partial charge in [0.05, 0.1) is 43.3 Å². The summed E-state index contributed by atoms with van der Waals surface area (Å²) in [6, 6.07) is 11.1. The van der Waals surface area contributed by atoms with E-state index in [1.54, 1.807) is 41.3 Å². The highest BCUT2D eigenvalue weighted by molar-refractivity contribution is 7.92. The number of anilines is 1. The molecule has 176 valence electrons. The number of methoxy groups -OCH3 is 2. The average molecular weight is 475 g/mol. The third-order valence-corrected chi connectivity index (χ3v) is 8.08. The number of para-hydroxylation sites is 1. The van der Waals surface area contributed by atoms with Gasteiger partial charge in [-0.25, -0.2) is 8.42 Å². The number of hydrogen-bond donors (Lipinski definition) is 0. The van der Waals surface area contributed by atoms with Crippen molar-refractivity contribution in [3.8, 4) is 11.5 Å². The van der Waals surface area contributed by atoms with E-state index in [-0.39, 0.29) is 29.5 Å². The molecule has 1 atom stereocenters. The van der Waals surface area contributed by atoms with E-state index >= 15 is 0 Å². The van der Waals surface area contributed by atoms with Crippen LogP contribution in [0.2, 0.25) is 0 Å². The number of nitrogens with zero attached hydrogens (tertiary/aromatic N) is 2. The second-order valence-electron chi connectivity index (χ2n) is 7.79. The summed E-state index contributed by atoms with van der Waals surface area (Å²) in [4.78, 5) is 29.2. The summed E-state index contributed by atoms with van der Waals surface area (Å²) in [7, 11) is -0.997. The van der Waals surface area contributed by atoms with Crippen molar-refractivity contribution in [2.24, 2.45) is 0 Å². The molecule has 2 aromatic rings. The maximum atomic E-state index is 13.7. The highest BCUT2D eigenvalue weighted by atomic mass is 32.2. The predicted molar refractivity (Wildman–Crippen MR) is 120 cm³/mol. The average Bonchev–Trinajstić information content (AvgIpc) is 2.92. The number of ether oxygens (including phenoxy) is 3. The molecular formula is C23H26N2O7S. The number of carbonyl (C=O) groups excluding carboxylic acids is 2. The van der Waals surface area contributed by atoms with Gasteiger partial charge in [-0.2, -0.15) is 0 Å². The van der Waals surface area contributed by atoms with Gasteiger partial charge >= 0.3 is 0 Å². The molecule has 1 fully saturated rings. The monoisotopic (exact) mass is 474 g/mol. The van der Waals surface area contributed by atoms with E-state index in [2.05, 4.69) is 0 Å². The number of sulfone groups is 1. The Labute approximate surface area is 192 Å². The Morgan fingerprint density at radius 2 is 1.76 bits per heavy atom. The van der Waals surface area contributed by atoms with Gasteiger partial charge in [-0.3, -0.25) is 9.59 Å². The molecule has 9 nitrogen and oxygen atoms in total. The molecule has 0 radical (unpaired) electrons. The zero-order valence-electron chi connectivity index (χ0n) is 18.5. The molecule has 2 aromatic carbocycles. The summed E-state index contributed by atoms with van der Waals surface area (Å²) < 4.78 is 43.3. The van der Waals surface area contributed by atoms with Crippen LogP contribution in [0.5, 0.6) is 11.5 Å². The summed E-state index contributed by atoms with van der Waals surface area (Å²) >= 11 is 0. The van der Waals surface area contributed by atoms with Crippen LogP contribution in [0.15, 0.2) is 47.4 Å². The van der Waals surface area contributed by atoms with Crippen LogP contribution >= 0.6 is 0 Å². The van der Waals surface area contributed by atoms with Gasteiger partial charge < -0.3 is 24.0 Å². The van der Waals surface area contributed by atoms with Crippen molar-refractivity contribution in [1.82, 2.24) is 4.90 Å². The van der Waals surface area contributed by atoms with Crippen molar-refractivity contribution in [3.05, 3.63) is 48.0 Å². The maximum Gasteiger partial charge on any atom is 0.242 e. The van der Waals surface area contributed by atoms with Gasteiger partial charge in [0.2, 0.25) is 11.8 Å². The molecule has 2 heterocycles.